The number of nitrogens with one attached hydrogen (secondary N) is 1. The number of halogens is 2. The molecule has 0 saturated heterocycles. The number of aliphatic hydroxyl groups excluding tert-OH is 1. The van der Waals surface area contributed by atoms with Gasteiger partial charge in [-0.3, -0.25) is 0 Å². The molecule has 0 amide bonds. The molecular weight excluding hydrogens is 365 g/mol. The lowest BCUT2D eigenvalue weighted by atomic mass is 10.2. The van der Waals surface area contributed by atoms with Crippen molar-refractivity contribution in [2.45, 2.75) is 18.0 Å². The monoisotopic (exact) mass is 377 g/mol. The predicted octanol–water partition coefficient (Wildman–Crippen LogP) is 1.29. The van der Waals surface area contributed by atoms with Crippen molar-refractivity contribution in [1.29, 1.82) is 0 Å². The number of aliphatic hydroxyl groups is 1. The summed E-state index contributed by atoms with van der Waals surface area (Å²) in [5, 5.41) is 9.06. The smallest absolute Gasteiger partial charge is 0.243 e. The first-order valence-electron chi connectivity index (χ1n) is 5.90. The molecule has 0 unspecified atom stereocenters. The molecule has 0 saturated carbocycles. The molecule has 9 heteroatoms. The first-order valence-corrected chi connectivity index (χ1v) is 8.17. The minimum Gasteiger partial charge on any atom is -0.392 e. The molecular formula is C12H13BrFN3O3S. The third-order valence-electron chi connectivity index (χ3n) is 2.88. The van der Waals surface area contributed by atoms with Crippen LogP contribution in [0.15, 0.2) is 33.9 Å². The zero-order chi connectivity index (χ0) is 15.6. The first kappa shape index (κ1) is 16.1. The van der Waals surface area contributed by atoms with Gasteiger partial charge in [0.2, 0.25) is 10.0 Å². The summed E-state index contributed by atoms with van der Waals surface area (Å²) in [6, 6.07) is 2.47. The number of aryl methyl sites for hydroxylation is 1. The van der Waals surface area contributed by atoms with E-state index in [1.54, 1.807) is 17.8 Å². The van der Waals surface area contributed by atoms with Crippen molar-refractivity contribution in [2.24, 2.45) is 7.05 Å². The Morgan fingerprint density at radius 1 is 1.48 bits per heavy atom. The minimum atomic E-state index is -4.06. The molecule has 0 bridgehead atoms. The van der Waals surface area contributed by atoms with Crippen LogP contribution in [-0.2, 0) is 30.2 Å². The Bertz CT molecular complexity index is 761. The summed E-state index contributed by atoms with van der Waals surface area (Å²) < 4.78 is 42.8. The quantitative estimate of drug-likeness (QED) is 0.822. The normalized spacial score (nSPS) is 11.8. The predicted molar refractivity (Wildman–Crippen MR) is 77.3 cm³/mol. The molecule has 0 aliphatic rings. The number of rotatable bonds is 5. The van der Waals surface area contributed by atoms with Crippen LogP contribution in [0.25, 0.3) is 0 Å². The van der Waals surface area contributed by atoms with Gasteiger partial charge in [0.1, 0.15) is 16.5 Å². The number of benzene rings is 1. The highest BCUT2D eigenvalue weighted by Gasteiger charge is 2.22. The molecule has 114 valence electrons. The maximum Gasteiger partial charge on any atom is 0.243 e. The highest BCUT2D eigenvalue weighted by molar-refractivity contribution is 9.10. The van der Waals surface area contributed by atoms with E-state index >= 15 is 0 Å². The summed E-state index contributed by atoms with van der Waals surface area (Å²) in [5.41, 5.74) is -0.0956. The van der Waals surface area contributed by atoms with E-state index in [0.717, 1.165) is 6.07 Å². The van der Waals surface area contributed by atoms with E-state index in [4.69, 9.17) is 5.11 Å². The highest BCUT2D eigenvalue weighted by atomic mass is 79.9. The Kier molecular flexibility index (Phi) is 4.77. The maximum absolute atomic E-state index is 14.1. The third kappa shape index (κ3) is 3.49. The van der Waals surface area contributed by atoms with Crippen LogP contribution in [-0.4, -0.2) is 23.1 Å². The van der Waals surface area contributed by atoms with E-state index in [1.807, 2.05) is 0 Å². The molecule has 1 heterocycles. The lowest BCUT2D eigenvalue weighted by Gasteiger charge is -2.10. The van der Waals surface area contributed by atoms with Crippen molar-refractivity contribution >= 4 is 26.0 Å². The van der Waals surface area contributed by atoms with Crippen molar-refractivity contribution in [1.82, 2.24) is 14.3 Å². The van der Waals surface area contributed by atoms with Gasteiger partial charge >= 0.3 is 0 Å². The van der Waals surface area contributed by atoms with E-state index < -0.39 is 27.3 Å². The fourth-order valence-electron chi connectivity index (χ4n) is 1.73. The molecule has 6 nitrogen and oxygen atoms in total. The second-order valence-electron chi connectivity index (χ2n) is 4.31. The Hall–Kier alpha value is -1.29. The summed E-state index contributed by atoms with van der Waals surface area (Å²) in [6.45, 7) is -0.653. The van der Waals surface area contributed by atoms with Crippen LogP contribution in [0.3, 0.4) is 0 Å². The summed E-state index contributed by atoms with van der Waals surface area (Å²) in [4.78, 5) is 3.46. The van der Waals surface area contributed by atoms with E-state index in [2.05, 4.69) is 25.6 Å². The van der Waals surface area contributed by atoms with Crippen molar-refractivity contribution in [2.75, 3.05) is 0 Å². The average molecular weight is 378 g/mol. The van der Waals surface area contributed by atoms with Gasteiger partial charge < -0.3 is 9.67 Å². The Morgan fingerprint density at radius 2 is 2.19 bits per heavy atom. The zero-order valence-electron chi connectivity index (χ0n) is 11.0. The number of hydrogen-bond acceptors (Lipinski definition) is 4. The Labute approximate surface area is 129 Å². The average Bonchev–Trinajstić information content (AvgIpc) is 2.84. The third-order valence-corrected chi connectivity index (χ3v) is 4.74. The van der Waals surface area contributed by atoms with Crippen LogP contribution in [0.5, 0.6) is 0 Å². The Balaban J connectivity index is 2.32. The molecule has 2 rings (SSSR count). The van der Waals surface area contributed by atoms with Gasteiger partial charge in [0.15, 0.2) is 0 Å². The molecule has 0 radical (unpaired) electrons. The van der Waals surface area contributed by atoms with Gasteiger partial charge in [-0.15, -0.1) is 0 Å². The summed E-state index contributed by atoms with van der Waals surface area (Å²) >= 11 is 3.10. The molecule has 0 spiro atoms. The fourth-order valence-corrected chi connectivity index (χ4v) is 3.51. The first-order chi connectivity index (χ1) is 9.85. The number of hydrogen-bond donors (Lipinski definition) is 2. The molecule has 1 aromatic carbocycles. The van der Waals surface area contributed by atoms with E-state index in [9.17, 15) is 12.8 Å². The van der Waals surface area contributed by atoms with Gasteiger partial charge in [0, 0.05) is 29.5 Å². The van der Waals surface area contributed by atoms with Gasteiger partial charge in [-0.1, -0.05) is 15.9 Å². The van der Waals surface area contributed by atoms with Crippen LogP contribution in [0, 0.1) is 5.82 Å². The van der Waals surface area contributed by atoms with E-state index in [0.29, 0.717) is 10.3 Å². The summed E-state index contributed by atoms with van der Waals surface area (Å²) in [7, 11) is -2.34. The van der Waals surface area contributed by atoms with Crippen molar-refractivity contribution < 1.29 is 17.9 Å². The second kappa shape index (κ2) is 6.22. The van der Waals surface area contributed by atoms with E-state index in [-0.39, 0.29) is 12.1 Å². The number of imidazole rings is 1. The van der Waals surface area contributed by atoms with E-state index in [1.165, 1.54) is 12.3 Å². The van der Waals surface area contributed by atoms with Crippen LogP contribution in [0.1, 0.15) is 11.4 Å². The molecule has 0 fully saturated rings. The number of sulfonamides is 1. The van der Waals surface area contributed by atoms with Gasteiger partial charge in [0.05, 0.1) is 13.2 Å². The lowest BCUT2D eigenvalue weighted by Crippen LogP contribution is -2.26. The minimum absolute atomic E-state index is 0.0632. The van der Waals surface area contributed by atoms with Crippen molar-refractivity contribution in [3.05, 3.63) is 46.2 Å². The van der Waals surface area contributed by atoms with Crippen molar-refractivity contribution in [3.63, 3.8) is 0 Å². The molecule has 0 atom stereocenters. The molecule has 0 aliphatic carbocycles. The fraction of sp³-hybridized carbons (Fsp3) is 0.250. The summed E-state index contributed by atoms with van der Waals surface area (Å²) in [6.07, 6.45) is 3.21. The molecule has 0 aliphatic heterocycles. The molecule has 2 aromatic rings. The molecule has 2 N–H and O–H groups in total. The Morgan fingerprint density at radius 3 is 2.76 bits per heavy atom. The standard InChI is InChI=1S/C12H13BrFN3O3S/c1-17-3-2-15-11(17)6-16-21(19,20)10-5-9(13)4-8(7-18)12(10)14/h2-5,16,18H,6-7H2,1H3. The zero-order valence-corrected chi connectivity index (χ0v) is 13.4. The second-order valence-corrected chi connectivity index (χ2v) is 6.97. The van der Waals surface area contributed by atoms with Crippen LogP contribution in [0.4, 0.5) is 4.39 Å². The lowest BCUT2D eigenvalue weighted by molar-refractivity contribution is 0.274. The van der Waals surface area contributed by atoms with Crippen LogP contribution in [0.2, 0.25) is 0 Å². The number of aromatic nitrogens is 2. The van der Waals surface area contributed by atoms with Gasteiger partial charge in [-0.25, -0.2) is 22.5 Å². The summed E-state index contributed by atoms with van der Waals surface area (Å²) in [5.74, 6) is -0.468. The maximum atomic E-state index is 14.1. The SMILES string of the molecule is Cn1ccnc1CNS(=O)(=O)c1cc(Br)cc(CO)c1F. The number of nitrogens with zero attached hydrogens (tertiary/aromatic N) is 2. The molecule has 1 aromatic heterocycles. The van der Waals surface area contributed by atoms with Crippen LogP contribution < -0.4 is 4.72 Å². The van der Waals surface area contributed by atoms with Gasteiger partial charge in [-0.05, 0) is 12.1 Å². The van der Waals surface area contributed by atoms with Crippen LogP contribution >= 0.6 is 15.9 Å². The van der Waals surface area contributed by atoms with Crippen molar-refractivity contribution in [3.8, 4) is 0 Å². The molecule has 21 heavy (non-hydrogen) atoms. The van der Waals surface area contributed by atoms with Gasteiger partial charge in [0.25, 0.3) is 0 Å². The topological polar surface area (TPSA) is 84.2 Å². The van der Waals surface area contributed by atoms with Gasteiger partial charge in [-0.2, -0.15) is 0 Å². The largest absolute Gasteiger partial charge is 0.392 e. The highest BCUT2D eigenvalue weighted by Crippen LogP contribution is 2.24.